The predicted octanol–water partition coefficient (Wildman–Crippen LogP) is 5.62. The Kier molecular flexibility index (Phi) is 8.79. The average molecular weight is 490 g/mol. The highest BCUT2D eigenvalue weighted by molar-refractivity contribution is 5.97. The Bertz CT molecular complexity index is 1050. The lowest BCUT2D eigenvalue weighted by Gasteiger charge is -2.31. The van der Waals surface area contributed by atoms with Crippen molar-refractivity contribution < 1.29 is 14.3 Å². The monoisotopic (exact) mass is 489 g/mol. The smallest absolute Gasteiger partial charge is 0.281 e. The maximum Gasteiger partial charge on any atom is 0.281 e. The lowest BCUT2D eigenvalue weighted by molar-refractivity contribution is -0.136. The first-order chi connectivity index (χ1) is 17.4. The quantitative estimate of drug-likeness (QED) is 0.497. The topological polar surface area (TPSA) is 71.0 Å². The minimum atomic E-state index is -0.196. The van der Waals surface area contributed by atoms with Crippen LogP contribution in [0, 0.1) is 11.8 Å². The normalized spacial score (nSPS) is 21.1. The maximum absolute atomic E-state index is 13.3. The number of ether oxygens (including phenoxy) is 1. The maximum atomic E-state index is 13.3. The average Bonchev–Trinajstić information content (AvgIpc) is 2.87. The van der Waals surface area contributed by atoms with Crippen LogP contribution < -0.4 is 5.32 Å². The Morgan fingerprint density at radius 3 is 2.56 bits per heavy atom. The molecule has 0 bridgehead atoms. The zero-order valence-electron chi connectivity index (χ0n) is 21.8. The highest BCUT2D eigenvalue weighted by Crippen LogP contribution is 2.30. The highest BCUT2D eigenvalue weighted by atomic mass is 16.5. The van der Waals surface area contributed by atoms with Crippen LogP contribution in [-0.2, 0) is 20.9 Å². The van der Waals surface area contributed by atoms with E-state index in [2.05, 4.69) is 31.2 Å². The van der Waals surface area contributed by atoms with Crippen LogP contribution >= 0.6 is 0 Å². The molecular weight excluding hydrogens is 450 g/mol. The molecular formula is C30H39N3O3. The number of benzene rings is 2. The Morgan fingerprint density at radius 1 is 1.11 bits per heavy atom. The molecule has 3 unspecified atom stereocenters. The molecule has 2 aromatic carbocycles. The molecule has 1 heterocycles. The molecule has 192 valence electrons. The molecule has 36 heavy (non-hydrogen) atoms. The van der Waals surface area contributed by atoms with E-state index in [1.165, 1.54) is 30.7 Å². The van der Waals surface area contributed by atoms with Gasteiger partial charge in [0.2, 0.25) is 11.8 Å². The van der Waals surface area contributed by atoms with Crippen LogP contribution in [0.2, 0.25) is 0 Å². The zero-order valence-corrected chi connectivity index (χ0v) is 21.8. The molecule has 1 fully saturated rings. The van der Waals surface area contributed by atoms with Crippen molar-refractivity contribution in [1.29, 1.82) is 0 Å². The van der Waals surface area contributed by atoms with Crippen LogP contribution in [0.15, 0.2) is 59.7 Å². The third-order valence-corrected chi connectivity index (χ3v) is 7.30. The Hall–Kier alpha value is -3.15. The second-order valence-electron chi connectivity index (χ2n) is 10.5. The van der Waals surface area contributed by atoms with E-state index in [0.29, 0.717) is 12.4 Å². The third-order valence-electron chi connectivity index (χ3n) is 7.30. The number of nitrogens with zero attached hydrogens (tertiary/aromatic N) is 2. The number of amides is 2. The second-order valence-corrected chi connectivity index (χ2v) is 10.5. The van der Waals surface area contributed by atoms with Crippen molar-refractivity contribution in [3.63, 3.8) is 0 Å². The molecule has 6 heteroatoms. The van der Waals surface area contributed by atoms with Crippen molar-refractivity contribution >= 4 is 17.7 Å². The van der Waals surface area contributed by atoms with Gasteiger partial charge < -0.3 is 10.1 Å². The van der Waals surface area contributed by atoms with Gasteiger partial charge in [0.15, 0.2) is 6.61 Å². The summed E-state index contributed by atoms with van der Waals surface area (Å²) in [6.07, 6.45) is 7.13. The first kappa shape index (κ1) is 25.9. The minimum Gasteiger partial charge on any atom is -0.466 e. The second kappa shape index (κ2) is 12.2. The summed E-state index contributed by atoms with van der Waals surface area (Å²) in [6.45, 7) is 6.78. The van der Waals surface area contributed by atoms with Gasteiger partial charge >= 0.3 is 0 Å². The van der Waals surface area contributed by atoms with Gasteiger partial charge in [-0.05, 0) is 47.9 Å². The molecule has 0 aromatic heterocycles. The van der Waals surface area contributed by atoms with Gasteiger partial charge in [0, 0.05) is 11.6 Å². The van der Waals surface area contributed by atoms with Crippen molar-refractivity contribution in [3.05, 3.63) is 71.3 Å². The fraction of sp³-hybridized carbons (Fsp3) is 0.500. The van der Waals surface area contributed by atoms with Crippen molar-refractivity contribution in [1.82, 2.24) is 10.3 Å². The van der Waals surface area contributed by atoms with E-state index < -0.39 is 0 Å². The molecule has 1 N–H and O–H groups in total. The van der Waals surface area contributed by atoms with Gasteiger partial charge in [-0.1, -0.05) is 88.9 Å². The molecule has 6 nitrogen and oxygen atoms in total. The Balaban J connectivity index is 1.42. The number of carbonyl (C=O) groups is 2. The van der Waals surface area contributed by atoms with Gasteiger partial charge in [-0.25, -0.2) is 5.01 Å². The SMILES string of the molecule is CCCC1CCCC(NC(=O)C(c2ccc(CN3N=C(c4ccccc4)OCC3=O)cc2)C(C)C)C1. The van der Waals surface area contributed by atoms with E-state index in [1.54, 1.807) is 0 Å². The summed E-state index contributed by atoms with van der Waals surface area (Å²) in [6, 6.07) is 17.9. The molecule has 4 rings (SSSR count). The number of carbonyl (C=O) groups excluding carboxylic acids is 2. The summed E-state index contributed by atoms with van der Waals surface area (Å²) in [4.78, 5) is 25.8. The van der Waals surface area contributed by atoms with Crippen molar-refractivity contribution in [2.75, 3.05) is 6.61 Å². The van der Waals surface area contributed by atoms with Gasteiger partial charge in [0.1, 0.15) is 0 Å². The molecule has 2 aromatic rings. The Morgan fingerprint density at radius 2 is 1.86 bits per heavy atom. The van der Waals surface area contributed by atoms with Crippen LogP contribution in [0.25, 0.3) is 0 Å². The first-order valence-corrected chi connectivity index (χ1v) is 13.4. The molecule has 1 aliphatic carbocycles. The minimum absolute atomic E-state index is 0.0261. The summed E-state index contributed by atoms with van der Waals surface area (Å²) in [5.74, 6) is 1.13. The van der Waals surface area contributed by atoms with E-state index in [4.69, 9.17) is 4.74 Å². The fourth-order valence-corrected chi connectivity index (χ4v) is 5.47. The number of rotatable bonds is 9. The molecule has 3 atom stereocenters. The number of hydrogen-bond acceptors (Lipinski definition) is 4. The summed E-state index contributed by atoms with van der Waals surface area (Å²) in [7, 11) is 0. The van der Waals surface area contributed by atoms with Crippen LogP contribution in [0.1, 0.15) is 81.9 Å². The molecule has 1 saturated carbocycles. The fourth-order valence-electron chi connectivity index (χ4n) is 5.47. The standard InChI is InChI=1S/C30H39N3O3/c1-4-9-22-10-8-13-26(18-22)31-29(35)28(21(2)3)24-16-14-23(15-17-24)19-33-27(34)20-36-30(32-33)25-11-6-5-7-12-25/h5-7,11-12,14-17,21-22,26,28H,4,8-10,13,18-20H2,1-3H3,(H,31,35). The highest BCUT2D eigenvalue weighted by Gasteiger charge is 2.29. The molecule has 0 spiro atoms. The lowest BCUT2D eigenvalue weighted by Crippen LogP contribution is -2.42. The molecule has 0 radical (unpaired) electrons. The molecule has 1 aliphatic heterocycles. The summed E-state index contributed by atoms with van der Waals surface area (Å²) in [5, 5.41) is 9.27. The summed E-state index contributed by atoms with van der Waals surface area (Å²) in [5.41, 5.74) is 2.81. The number of hydrogen-bond donors (Lipinski definition) is 1. The van der Waals surface area contributed by atoms with E-state index in [0.717, 1.165) is 35.4 Å². The van der Waals surface area contributed by atoms with E-state index in [9.17, 15) is 9.59 Å². The number of nitrogens with one attached hydrogen (secondary N) is 1. The van der Waals surface area contributed by atoms with Gasteiger partial charge in [-0.2, -0.15) is 0 Å². The number of hydrazone groups is 1. The van der Waals surface area contributed by atoms with Crippen LogP contribution in [0.5, 0.6) is 0 Å². The molecule has 2 aliphatic rings. The van der Waals surface area contributed by atoms with Gasteiger partial charge in [0.05, 0.1) is 12.5 Å². The molecule has 2 amide bonds. The predicted molar refractivity (Wildman–Crippen MR) is 142 cm³/mol. The third kappa shape index (κ3) is 6.54. The van der Waals surface area contributed by atoms with E-state index in [-0.39, 0.29) is 36.3 Å². The van der Waals surface area contributed by atoms with E-state index in [1.807, 2.05) is 54.6 Å². The van der Waals surface area contributed by atoms with Crippen LogP contribution in [0.4, 0.5) is 0 Å². The van der Waals surface area contributed by atoms with Gasteiger partial charge in [0.25, 0.3) is 5.91 Å². The van der Waals surface area contributed by atoms with E-state index >= 15 is 0 Å². The lowest BCUT2D eigenvalue weighted by atomic mass is 9.82. The van der Waals surface area contributed by atoms with Gasteiger partial charge in [-0.3, -0.25) is 9.59 Å². The molecule has 0 saturated heterocycles. The summed E-state index contributed by atoms with van der Waals surface area (Å²) < 4.78 is 5.54. The van der Waals surface area contributed by atoms with Crippen LogP contribution in [0.3, 0.4) is 0 Å². The Labute approximate surface area is 215 Å². The zero-order chi connectivity index (χ0) is 25.5. The van der Waals surface area contributed by atoms with Crippen molar-refractivity contribution in [3.8, 4) is 0 Å². The van der Waals surface area contributed by atoms with Crippen LogP contribution in [-0.4, -0.2) is 35.4 Å². The largest absolute Gasteiger partial charge is 0.466 e. The summed E-state index contributed by atoms with van der Waals surface area (Å²) >= 11 is 0. The first-order valence-electron chi connectivity index (χ1n) is 13.4. The van der Waals surface area contributed by atoms with Crippen molar-refractivity contribution in [2.45, 2.75) is 77.8 Å². The van der Waals surface area contributed by atoms with Gasteiger partial charge in [-0.15, -0.1) is 5.10 Å². The van der Waals surface area contributed by atoms with Crippen molar-refractivity contribution in [2.24, 2.45) is 16.9 Å².